The summed E-state index contributed by atoms with van der Waals surface area (Å²) in [6.07, 6.45) is 2.18. The van der Waals surface area contributed by atoms with E-state index in [9.17, 15) is 18.4 Å². The Morgan fingerprint density at radius 2 is 1.94 bits per heavy atom. The zero-order chi connectivity index (χ0) is 24.9. The van der Waals surface area contributed by atoms with Gasteiger partial charge in [0.1, 0.15) is 11.4 Å². The van der Waals surface area contributed by atoms with Gasteiger partial charge in [-0.25, -0.2) is 23.2 Å². The van der Waals surface area contributed by atoms with Gasteiger partial charge < -0.3 is 14.8 Å². The molecule has 0 atom stereocenters. The second kappa shape index (κ2) is 10.4. The fourth-order valence-electron chi connectivity index (χ4n) is 3.55. The SMILES string of the molecule is CCOC(=O)c1ccn(-c2nc(CCC(=O)OC(C)(C)C)cc(NC3CCC(F)(F)CC3)n2)n1. The lowest BCUT2D eigenvalue weighted by molar-refractivity contribution is -0.154. The second-order valence-electron chi connectivity index (χ2n) is 9.27. The minimum absolute atomic E-state index is 0.105. The molecule has 0 amide bonds. The predicted molar refractivity (Wildman–Crippen MR) is 120 cm³/mol. The summed E-state index contributed by atoms with van der Waals surface area (Å²) in [6.45, 7) is 7.30. The average Bonchev–Trinajstić information content (AvgIpc) is 3.23. The van der Waals surface area contributed by atoms with E-state index in [-0.39, 0.29) is 55.9 Å². The Morgan fingerprint density at radius 1 is 1.24 bits per heavy atom. The number of rotatable bonds is 8. The zero-order valence-electron chi connectivity index (χ0n) is 19.9. The number of carbonyl (C=O) groups excluding carboxylic acids is 2. The molecular formula is C23H31F2N5O4. The van der Waals surface area contributed by atoms with Crippen molar-refractivity contribution in [2.75, 3.05) is 11.9 Å². The second-order valence-corrected chi connectivity index (χ2v) is 9.27. The largest absolute Gasteiger partial charge is 0.461 e. The van der Waals surface area contributed by atoms with Crippen LogP contribution in [-0.4, -0.2) is 55.9 Å². The molecule has 2 aromatic heterocycles. The number of anilines is 1. The van der Waals surface area contributed by atoms with Crippen LogP contribution in [0, 0.1) is 0 Å². The van der Waals surface area contributed by atoms with Crippen LogP contribution in [-0.2, 0) is 20.7 Å². The Morgan fingerprint density at radius 3 is 2.59 bits per heavy atom. The van der Waals surface area contributed by atoms with Crippen LogP contribution in [0.4, 0.5) is 14.6 Å². The van der Waals surface area contributed by atoms with E-state index in [1.54, 1.807) is 33.8 Å². The zero-order valence-corrected chi connectivity index (χ0v) is 19.9. The van der Waals surface area contributed by atoms with Gasteiger partial charge in [0.2, 0.25) is 5.92 Å². The summed E-state index contributed by atoms with van der Waals surface area (Å²) in [7, 11) is 0. The van der Waals surface area contributed by atoms with Crippen LogP contribution in [0.2, 0.25) is 0 Å². The molecule has 0 spiro atoms. The molecule has 1 N–H and O–H groups in total. The minimum atomic E-state index is -2.63. The van der Waals surface area contributed by atoms with Crippen LogP contribution in [0.25, 0.3) is 5.95 Å². The first-order chi connectivity index (χ1) is 15.9. The van der Waals surface area contributed by atoms with E-state index < -0.39 is 17.5 Å². The topological polar surface area (TPSA) is 108 Å². The van der Waals surface area contributed by atoms with E-state index in [2.05, 4.69) is 20.4 Å². The maximum Gasteiger partial charge on any atom is 0.358 e. The number of hydrogen-bond acceptors (Lipinski definition) is 8. The highest BCUT2D eigenvalue weighted by Crippen LogP contribution is 2.34. The fourth-order valence-corrected chi connectivity index (χ4v) is 3.55. The van der Waals surface area contributed by atoms with Crippen molar-refractivity contribution in [1.29, 1.82) is 0 Å². The van der Waals surface area contributed by atoms with Crippen molar-refractivity contribution in [2.45, 2.75) is 83.8 Å². The van der Waals surface area contributed by atoms with E-state index in [4.69, 9.17) is 9.47 Å². The Bertz CT molecular complexity index is 1010. The third-order valence-electron chi connectivity index (χ3n) is 5.12. The van der Waals surface area contributed by atoms with E-state index in [0.29, 0.717) is 24.4 Å². The van der Waals surface area contributed by atoms with Crippen LogP contribution >= 0.6 is 0 Å². The number of halogens is 2. The normalized spacial score (nSPS) is 16.2. The van der Waals surface area contributed by atoms with Crippen LogP contribution in [0.15, 0.2) is 18.3 Å². The first-order valence-corrected chi connectivity index (χ1v) is 11.4. The standard InChI is InChI=1S/C23H31F2N5O4/c1-5-33-20(32)17-10-13-30(29-17)21-27-16(6-7-19(31)34-22(2,3)4)14-18(28-21)26-15-8-11-23(24,25)12-9-15/h10,13-15H,5-9,11-12H2,1-4H3,(H,26,27,28). The predicted octanol–water partition coefficient (Wildman–Crippen LogP) is 4.10. The van der Waals surface area contributed by atoms with Gasteiger partial charge in [0.05, 0.1) is 13.0 Å². The summed E-state index contributed by atoms with van der Waals surface area (Å²) in [5.74, 6) is -2.94. The van der Waals surface area contributed by atoms with Gasteiger partial charge in [0.25, 0.3) is 5.95 Å². The maximum atomic E-state index is 13.5. The summed E-state index contributed by atoms with van der Waals surface area (Å²) < 4.78 is 38.7. The molecule has 0 aromatic carbocycles. The monoisotopic (exact) mass is 479 g/mol. The summed E-state index contributed by atoms with van der Waals surface area (Å²) in [6, 6.07) is 3.02. The summed E-state index contributed by atoms with van der Waals surface area (Å²) in [5.41, 5.74) is 0.0590. The van der Waals surface area contributed by atoms with Gasteiger partial charge in [-0.2, -0.15) is 10.1 Å². The lowest BCUT2D eigenvalue weighted by Gasteiger charge is -2.29. The van der Waals surface area contributed by atoms with Gasteiger partial charge in [-0.1, -0.05) is 0 Å². The lowest BCUT2D eigenvalue weighted by Crippen LogP contribution is -2.32. The number of carbonyl (C=O) groups is 2. The maximum absolute atomic E-state index is 13.5. The van der Waals surface area contributed by atoms with Crippen molar-refractivity contribution in [2.24, 2.45) is 0 Å². The number of aromatic nitrogens is 4. The number of aryl methyl sites for hydroxylation is 1. The van der Waals surface area contributed by atoms with Crippen LogP contribution in [0.1, 0.15) is 76.0 Å². The van der Waals surface area contributed by atoms with Gasteiger partial charge >= 0.3 is 11.9 Å². The van der Waals surface area contributed by atoms with Crippen molar-refractivity contribution >= 4 is 17.8 Å². The third kappa shape index (κ3) is 7.46. The van der Waals surface area contributed by atoms with E-state index >= 15 is 0 Å². The molecule has 1 aliphatic carbocycles. The highest BCUT2D eigenvalue weighted by atomic mass is 19.3. The van der Waals surface area contributed by atoms with Crippen LogP contribution < -0.4 is 5.32 Å². The lowest BCUT2D eigenvalue weighted by atomic mass is 9.92. The summed E-state index contributed by atoms with van der Waals surface area (Å²) >= 11 is 0. The van der Waals surface area contributed by atoms with Gasteiger partial charge in [-0.15, -0.1) is 0 Å². The highest BCUT2D eigenvalue weighted by molar-refractivity contribution is 5.87. The molecule has 186 valence electrons. The van der Waals surface area contributed by atoms with Crippen LogP contribution in [0.3, 0.4) is 0 Å². The molecule has 2 heterocycles. The number of nitrogens with one attached hydrogen (secondary N) is 1. The molecule has 9 nitrogen and oxygen atoms in total. The molecule has 1 saturated carbocycles. The molecule has 0 radical (unpaired) electrons. The number of alkyl halides is 2. The minimum Gasteiger partial charge on any atom is -0.461 e. The number of esters is 2. The molecule has 0 unspecified atom stereocenters. The average molecular weight is 480 g/mol. The van der Waals surface area contributed by atoms with E-state index in [1.165, 1.54) is 16.9 Å². The number of nitrogens with zero attached hydrogens (tertiary/aromatic N) is 4. The third-order valence-corrected chi connectivity index (χ3v) is 5.12. The quantitative estimate of drug-likeness (QED) is 0.564. The van der Waals surface area contributed by atoms with Gasteiger partial charge in [0, 0.05) is 43.3 Å². The fraction of sp³-hybridized carbons (Fsp3) is 0.609. The van der Waals surface area contributed by atoms with Crippen molar-refractivity contribution in [3.05, 3.63) is 29.7 Å². The van der Waals surface area contributed by atoms with Crippen molar-refractivity contribution in [1.82, 2.24) is 19.7 Å². The Labute approximate surface area is 197 Å². The van der Waals surface area contributed by atoms with Crippen molar-refractivity contribution in [3.8, 4) is 5.95 Å². The first kappa shape index (κ1) is 25.5. The van der Waals surface area contributed by atoms with Crippen LogP contribution in [0.5, 0.6) is 0 Å². The molecule has 11 heteroatoms. The van der Waals surface area contributed by atoms with Gasteiger partial charge in [-0.3, -0.25) is 4.79 Å². The Balaban J connectivity index is 1.81. The smallest absolute Gasteiger partial charge is 0.358 e. The molecule has 1 fully saturated rings. The summed E-state index contributed by atoms with van der Waals surface area (Å²) in [4.78, 5) is 33.1. The Kier molecular flexibility index (Phi) is 7.83. The number of ether oxygens (including phenoxy) is 2. The molecule has 34 heavy (non-hydrogen) atoms. The van der Waals surface area contributed by atoms with E-state index in [1.807, 2.05) is 0 Å². The molecule has 3 rings (SSSR count). The number of hydrogen-bond donors (Lipinski definition) is 1. The molecule has 1 aliphatic rings. The molecule has 0 bridgehead atoms. The Hall–Kier alpha value is -3.11. The first-order valence-electron chi connectivity index (χ1n) is 11.4. The van der Waals surface area contributed by atoms with E-state index in [0.717, 1.165) is 0 Å². The molecule has 0 aliphatic heterocycles. The van der Waals surface area contributed by atoms with Crippen molar-refractivity contribution in [3.63, 3.8) is 0 Å². The van der Waals surface area contributed by atoms with Gasteiger partial charge in [0.15, 0.2) is 5.69 Å². The van der Waals surface area contributed by atoms with Gasteiger partial charge in [-0.05, 0) is 46.6 Å². The van der Waals surface area contributed by atoms with Crippen molar-refractivity contribution < 1.29 is 27.8 Å². The highest BCUT2D eigenvalue weighted by Gasteiger charge is 2.35. The molecular weight excluding hydrogens is 448 g/mol. The molecule has 2 aromatic rings. The summed E-state index contributed by atoms with van der Waals surface area (Å²) in [5, 5.41) is 7.40. The molecule has 0 saturated heterocycles.